The summed E-state index contributed by atoms with van der Waals surface area (Å²) in [4.78, 5) is 76.5. The second-order valence-electron chi connectivity index (χ2n) is 10.8. The Balaban J connectivity index is 1.06. The number of piperidine rings is 1. The van der Waals surface area contributed by atoms with Gasteiger partial charge in [0.2, 0.25) is 11.8 Å². The topological polar surface area (TPSA) is 175 Å². The van der Waals surface area contributed by atoms with E-state index in [1.165, 1.54) is 18.2 Å². The molecule has 6 amide bonds. The molecular formula is C35H25N5O7. The summed E-state index contributed by atoms with van der Waals surface area (Å²) in [5.74, 6) is -2.47. The molecule has 2 aliphatic heterocycles. The van der Waals surface area contributed by atoms with Gasteiger partial charge in [-0.2, -0.15) is 5.26 Å². The summed E-state index contributed by atoms with van der Waals surface area (Å²) < 4.78 is 5.90. The predicted molar refractivity (Wildman–Crippen MR) is 166 cm³/mol. The van der Waals surface area contributed by atoms with Crippen LogP contribution in [0.2, 0.25) is 0 Å². The molecular weight excluding hydrogens is 602 g/mol. The van der Waals surface area contributed by atoms with Gasteiger partial charge in [0.15, 0.2) is 5.75 Å². The van der Waals surface area contributed by atoms with Crippen LogP contribution in [0.15, 0.2) is 91.0 Å². The first-order valence-electron chi connectivity index (χ1n) is 14.5. The quantitative estimate of drug-likeness (QED) is 0.246. The molecule has 3 N–H and O–H groups in total. The third kappa shape index (κ3) is 6.31. The smallest absolute Gasteiger partial charge is 0.262 e. The third-order valence-electron chi connectivity index (χ3n) is 7.72. The number of fused-ring (bicyclic) bond motifs is 1. The second kappa shape index (κ2) is 12.8. The zero-order valence-corrected chi connectivity index (χ0v) is 24.6. The molecule has 0 bridgehead atoms. The number of nitriles is 1. The van der Waals surface area contributed by atoms with Crippen molar-refractivity contribution < 1.29 is 33.5 Å². The van der Waals surface area contributed by atoms with Crippen LogP contribution in [0.5, 0.6) is 11.5 Å². The average Bonchev–Trinajstić information content (AvgIpc) is 3.33. The lowest BCUT2D eigenvalue weighted by Crippen LogP contribution is -2.54. The van der Waals surface area contributed by atoms with E-state index in [4.69, 9.17) is 10.00 Å². The van der Waals surface area contributed by atoms with E-state index in [-0.39, 0.29) is 42.0 Å². The maximum Gasteiger partial charge on any atom is 0.262 e. The number of imide groups is 2. The lowest BCUT2D eigenvalue weighted by Gasteiger charge is -2.27. The molecule has 4 aromatic rings. The normalized spacial score (nSPS) is 15.4. The van der Waals surface area contributed by atoms with Crippen molar-refractivity contribution in [3.8, 4) is 17.6 Å². The van der Waals surface area contributed by atoms with Crippen LogP contribution in [-0.2, 0) is 16.1 Å². The molecule has 47 heavy (non-hydrogen) atoms. The molecule has 2 aliphatic rings. The molecule has 1 saturated heterocycles. The minimum atomic E-state index is -1.10. The first-order valence-corrected chi connectivity index (χ1v) is 14.5. The van der Waals surface area contributed by atoms with E-state index in [0.29, 0.717) is 33.9 Å². The molecule has 1 atom stereocenters. The summed E-state index contributed by atoms with van der Waals surface area (Å²) in [6.07, 6.45) is 0.0403. The van der Waals surface area contributed by atoms with Gasteiger partial charge in [-0.25, -0.2) is 0 Å². The summed E-state index contributed by atoms with van der Waals surface area (Å²) in [6, 6.07) is 25.2. The lowest BCUT2D eigenvalue weighted by atomic mass is 10.0. The molecule has 0 aliphatic carbocycles. The number of anilines is 1. The van der Waals surface area contributed by atoms with E-state index in [2.05, 4.69) is 16.0 Å². The van der Waals surface area contributed by atoms with E-state index in [1.807, 2.05) is 6.07 Å². The molecule has 12 heteroatoms. The van der Waals surface area contributed by atoms with Crippen molar-refractivity contribution in [1.29, 1.82) is 5.26 Å². The van der Waals surface area contributed by atoms with E-state index in [0.717, 1.165) is 4.90 Å². The zero-order valence-electron chi connectivity index (χ0n) is 24.6. The number of ether oxygens (including phenoxy) is 1. The zero-order chi connectivity index (χ0) is 33.1. The summed E-state index contributed by atoms with van der Waals surface area (Å²) in [5.41, 5.74) is 2.26. The maximum absolute atomic E-state index is 13.1. The number of amides is 6. The Hall–Kier alpha value is -6.61. The summed E-state index contributed by atoms with van der Waals surface area (Å²) in [5, 5.41) is 16.7. The molecule has 0 radical (unpaired) electrons. The molecule has 2 heterocycles. The SMILES string of the molecule is N#Cc1ccc(Oc2ccccc2NC(=O)c2ccc(CNC(=O)c3ccc4c(c3)C(=O)N(C3CCC(=O)NC3=O)C4=O)cc2)cc1. The molecule has 0 aromatic heterocycles. The van der Waals surface area contributed by atoms with Crippen molar-refractivity contribution in [2.24, 2.45) is 0 Å². The number of hydrogen-bond donors (Lipinski definition) is 3. The number of nitrogens with one attached hydrogen (secondary N) is 3. The maximum atomic E-state index is 13.1. The molecule has 1 fully saturated rings. The van der Waals surface area contributed by atoms with Crippen molar-refractivity contribution in [3.05, 3.63) is 124 Å². The van der Waals surface area contributed by atoms with E-state index in [1.54, 1.807) is 72.8 Å². The summed E-state index contributed by atoms with van der Waals surface area (Å²) in [7, 11) is 0. The van der Waals surface area contributed by atoms with Gasteiger partial charge in [0.1, 0.15) is 11.8 Å². The van der Waals surface area contributed by atoms with Crippen molar-refractivity contribution in [2.45, 2.75) is 25.4 Å². The number of para-hydroxylation sites is 2. The molecule has 1 unspecified atom stereocenters. The van der Waals surface area contributed by atoms with Crippen molar-refractivity contribution in [3.63, 3.8) is 0 Å². The Bertz CT molecular complexity index is 2000. The van der Waals surface area contributed by atoms with Crippen LogP contribution in [0.3, 0.4) is 0 Å². The minimum Gasteiger partial charge on any atom is -0.455 e. The number of carbonyl (C=O) groups is 6. The van der Waals surface area contributed by atoms with E-state index >= 15 is 0 Å². The van der Waals surface area contributed by atoms with Crippen molar-refractivity contribution >= 4 is 41.1 Å². The van der Waals surface area contributed by atoms with Crippen LogP contribution in [0.1, 0.15) is 65.4 Å². The Labute approximate surface area is 267 Å². The monoisotopic (exact) mass is 627 g/mol. The van der Waals surface area contributed by atoms with E-state index < -0.39 is 35.6 Å². The largest absolute Gasteiger partial charge is 0.455 e. The van der Waals surface area contributed by atoms with Gasteiger partial charge >= 0.3 is 0 Å². The van der Waals surface area contributed by atoms with Gasteiger partial charge < -0.3 is 15.4 Å². The number of carbonyl (C=O) groups excluding carboxylic acids is 6. The highest BCUT2D eigenvalue weighted by Gasteiger charge is 2.44. The average molecular weight is 628 g/mol. The van der Waals surface area contributed by atoms with Gasteiger partial charge in [0, 0.05) is 24.1 Å². The Morgan fingerprint density at radius 3 is 2.28 bits per heavy atom. The van der Waals surface area contributed by atoms with Gasteiger partial charge in [-0.15, -0.1) is 0 Å². The number of nitrogens with zero attached hydrogens (tertiary/aromatic N) is 2. The first-order chi connectivity index (χ1) is 22.7. The van der Waals surface area contributed by atoms with Crippen molar-refractivity contribution in [2.75, 3.05) is 5.32 Å². The fourth-order valence-corrected chi connectivity index (χ4v) is 5.25. The Kier molecular flexibility index (Phi) is 8.27. The van der Waals surface area contributed by atoms with Crippen LogP contribution in [0.25, 0.3) is 0 Å². The van der Waals surface area contributed by atoms with Gasteiger partial charge in [-0.05, 0) is 78.7 Å². The van der Waals surface area contributed by atoms with Crippen molar-refractivity contribution in [1.82, 2.24) is 15.5 Å². The van der Waals surface area contributed by atoms with Gasteiger partial charge in [-0.3, -0.25) is 39.0 Å². The Morgan fingerprint density at radius 2 is 1.55 bits per heavy atom. The first kappa shape index (κ1) is 30.4. The highest BCUT2D eigenvalue weighted by molar-refractivity contribution is 6.24. The molecule has 4 aromatic carbocycles. The standard InChI is InChI=1S/C35H25N5O7/c36-18-20-7-12-24(13-8-20)47-29-4-2-1-3-27(29)38-32(43)22-9-5-21(6-10-22)19-37-31(42)23-11-14-25-26(17-23)35(46)40(34(25)45)28-15-16-30(41)39-33(28)44/h1-14,17,28H,15-16,19H2,(H,37,42)(H,38,43)(H,39,41,44). The highest BCUT2D eigenvalue weighted by Crippen LogP contribution is 2.30. The molecule has 0 saturated carbocycles. The lowest BCUT2D eigenvalue weighted by molar-refractivity contribution is -0.136. The van der Waals surface area contributed by atoms with Crippen LogP contribution >= 0.6 is 0 Å². The fourth-order valence-electron chi connectivity index (χ4n) is 5.25. The molecule has 232 valence electrons. The van der Waals surface area contributed by atoms with E-state index in [9.17, 15) is 28.8 Å². The summed E-state index contributed by atoms with van der Waals surface area (Å²) >= 11 is 0. The molecule has 6 rings (SSSR count). The number of hydrogen-bond acceptors (Lipinski definition) is 8. The number of benzene rings is 4. The number of rotatable bonds is 8. The van der Waals surface area contributed by atoms with Crippen LogP contribution in [0, 0.1) is 11.3 Å². The molecule has 12 nitrogen and oxygen atoms in total. The van der Waals surface area contributed by atoms with Crippen LogP contribution < -0.4 is 20.7 Å². The summed E-state index contributed by atoms with van der Waals surface area (Å²) in [6.45, 7) is 0.119. The van der Waals surface area contributed by atoms with Gasteiger partial charge in [0.05, 0.1) is 28.4 Å². The van der Waals surface area contributed by atoms with Crippen LogP contribution in [0.4, 0.5) is 5.69 Å². The second-order valence-corrected chi connectivity index (χ2v) is 10.8. The van der Waals surface area contributed by atoms with Crippen LogP contribution in [-0.4, -0.2) is 46.4 Å². The van der Waals surface area contributed by atoms with Gasteiger partial charge in [-0.1, -0.05) is 24.3 Å². The Morgan fingerprint density at radius 1 is 0.851 bits per heavy atom. The minimum absolute atomic E-state index is 0.00610. The predicted octanol–water partition coefficient (Wildman–Crippen LogP) is 3.93. The fraction of sp³-hybridized carbons (Fsp3) is 0.114. The molecule has 0 spiro atoms. The third-order valence-corrected chi connectivity index (χ3v) is 7.72. The highest BCUT2D eigenvalue weighted by atomic mass is 16.5. The van der Waals surface area contributed by atoms with Gasteiger partial charge in [0.25, 0.3) is 23.6 Å².